The van der Waals surface area contributed by atoms with Crippen LogP contribution in [0.5, 0.6) is 0 Å². The molecule has 24 heavy (non-hydrogen) atoms. The van der Waals surface area contributed by atoms with Crippen LogP contribution in [-0.2, 0) is 18.3 Å². The lowest BCUT2D eigenvalue weighted by Crippen LogP contribution is -2.36. The van der Waals surface area contributed by atoms with E-state index < -0.39 is 0 Å². The predicted molar refractivity (Wildman–Crippen MR) is 93.6 cm³/mol. The molecule has 132 valence electrons. The minimum atomic E-state index is 0.524. The summed E-state index contributed by atoms with van der Waals surface area (Å²) in [5, 5.41) is 8.97. The first-order valence-corrected chi connectivity index (χ1v) is 9.14. The zero-order chi connectivity index (χ0) is 16.8. The second kappa shape index (κ2) is 8.61. The highest BCUT2D eigenvalue weighted by molar-refractivity contribution is 5.05. The molecule has 1 aromatic heterocycles. The molecule has 0 radical (unpaired) electrons. The Morgan fingerprint density at radius 3 is 2.50 bits per heavy atom. The summed E-state index contributed by atoms with van der Waals surface area (Å²) in [4.78, 5) is 4.84. The normalized spacial score (nSPS) is 20.8. The van der Waals surface area contributed by atoms with E-state index in [0.29, 0.717) is 5.92 Å². The van der Waals surface area contributed by atoms with Crippen LogP contribution in [0.4, 0.5) is 0 Å². The van der Waals surface area contributed by atoms with Gasteiger partial charge in [0.1, 0.15) is 11.6 Å². The van der Waals surface area contributed by atoms with Crippen LogP contribution in [0.1, 0.15) is 43.8 Å². The van der Waals surface area contributed by atoms with E-state index in [-0.39, 0.29) is 0 Å². The smallest absolute Gasteiger partial charge is 0.146 e. The minimum absolute atomic E-state index is 0.524. The van der Waals surface area contributed by atoms with Gasteiger partial charge in [-0.1, -0.05) is 12.8 Å². The van der Waals surface area contributed by atoms with Gasteiger partial charge < -0.3 is 9.30 Å². The first-order valence-electron chi connectivity index (χ1n) is 9.14. The van der Waals surface area contributed by atoms with Crippen molar-refractivity contribution in [2.24, 2.45) is 7.05 Å². The third-order valence-electron chi connectivity index (χ3n) is 5.02. The SMILES string of the molecule is CCC#CCN1CCC(c2nnc(CN3CCOCC3)n2C)CC1. The molecule has 0 atom stereocenters. The molecule has 0 N–H and O–H groups in total. The number of morpholine rings is 1. The van der Waals surface area contributed by atoms with Crippen LogP contribution in [0.3, 0.4) is 0 Å². The second-order valence-corrected chi connectivity index (χ2v) is 6.68. The molecule has 0 bridgehead atoms. The fraction of sp³-hybridized carbons (Fsp3) is 0.778. The Hall–Kier alpha value is -1.42. The topological polar surface area (TPSA) is 46.4 Å². The molecule has 1 aromatic rings. The molecule has 0 saturated carbocycles. The van der Waals surface area contributed by atoms with E-state index in [1.807, 2.05) is 0 Å². The summed E-state index contributed by atoms with van der Waals surface area (Å²) in [7, 11) is 2.12. The summed E-state index contributed by atoms with van der Waals surface area (Å²) in [6.07, 6.45) is 3.25. The van der Waals surface area contributed by atoms with E-state index >= 15 is 0 Å². The van der Waals surface area contributed by atoms with Crippen molar-refractivity contribution in [3.05, 3.63) is 11.6 Å². The Morgan fingerprint density at radius 2 is 1.79 bits per heavy atom. The van der Waals surface area contributed by atoms with Crippen molar-refractivity contribution in [3.63, 3.8) is 0 Å². The largest absolute Gasteiger partial charge is 0.379 e. The number of hydrogen-bond acceptors (Lipinski definition) is 5. The molecule has 6 nitrogen and oxygen atoms in total. The van der Waals surface area contributed by atoms with E-state index in [9.17, 15) is 0 Å². The summed E-state index contributed by atoms with van der Waals surface area (Å²) in [5.74, 6) is 9.15. The summed E-state index contributed by atoms with van der Waals surface area (Å²) >= 11 is 0. The van der Waals surface area contributed by atoms with E-state index in [0.717, 1.165) is 83.4 Å². The van der Waals surface area contributed by atoms with E-state index in [4.69, 9.17) is 4.74 Å². The standard InChI is InChI=1S/C18H29N5O/c1-3-4-5-8-22-9-6-16(7-10-22)18-20-19-17(21(18)2)15-23-11-13-24-14-12-23/h16H,3,6-15H2,1-2H3. The molecule has 6 heteroatoms. The number of piperidine rings is 1. The van der Waals surface area contributed by atoms with Gasteiger partial charge in [0, 0.05) is 32.5 Å². The molecule has 0 unspecified atom stereocenters. The van der Waals surface area contributed by atoms with Crippen LogP contribution in [0.15, 0.2) is 0 Å². The fourth-order valence-corrected chi connectivity index (χ4v) is 3.47. The number of ether oxygens (including phenoxy) is 1. The summed E-state index contributed by atoms with van der Waals surface area (Å²) < 4.78 is 7.63. The monoisotopic (exact) mass is 331 g/mol. The summed E-state index contributed by atoms with van der Waals surface area (Å²) in [6.45, 7) is 9.71. The van der Waals surface area contributed by atoms with Gasteiger partial charge in [-0.15, -0.1) is 16.1 Å². The highest BCUT2D eigenvalue weighted by Gasteiger charge is 2.25. The van der Waals surface area contributed by atoms with E-state index in [1.54, 1.807) is 0 Å². The molecule has 3 heterocycles. The average molecular weight is 331 g/mol. The zero-order valence-corrected chi connectivity index (χ0v) is 15.0. The number of hydrogen-bond donors (Lipinski definition) is 0. The maximum absolute atomic E-state index is 5.41. The second-order valence-electron chi connectivity index (χ2n) is 6.68. The number of rotatable bonds is 4. The zero-order valence-electron chi connectivity index (χ0n) is 15.0. The fourth-order valence-electron chi connectivity index (χ4n) is 3.47. The Kier molecular flexibility index (Phi) is 6.24. The van der Waals surface area contributed by atoms with Crippen LogP contribution in [0.25, 0.3) is 0 Å². The molecular weight excluding hydrogens is 302 g/mol. The quantitative estimate of drug-likeness (QED) is 0.777. The van der Waals surface area contributed by atoms with Gasteiger partial charge >= 0.3 is 0 Å². The van der Waals surface area contributed by atoms with Gasteiger partial charge in [0.2, 0.25) is 0 Å². The predicted octanol–water partition coefficient (Wildman–Crippen LogP) is 1.24. The number of aromatic nitrogens is 3. The molecule has 2 aliphatic rings. The van der Waals surface area contributed by atoms with Crippen molar-refractivity contribution in [3.8, 4) is 11.8 Å². The van der Waals surface area contributed by atoms with Crippen molar-refractivity contribution in [2.45, 2.75) is 38.6 Å². The molecule has 0 aliphatic carbocycles. The van der Waals surface area contributed by atoms with Gasteiger partial charge in [0.05, 0.1) is 26.3 Å². The van der Waals surface area contributed by atoms with Gasteiger partial charge in [-0.25, -0.2) is 0 Å². The maximum atomic E-state index is 5.41. The van der Waals surface area contributed by atoms with Crippen LogP contribution in [0, 0.1) is 11.8 Å². The first kappa shape index (κ1) is 17.4. The highest BCUT2D eigenvalue weighted by atomic mass is 16.5. The van der Waals surface area contributed by atoms with Crippen LogP contribution < -0.4 is 0 Å². The van der Waals surface area contributed by atoms with Crippen molar-refractivity contribution >= 4 is 0 Å². The Balaban J connectivity index is 1.54. The van der Waals surface area contributed by atoms with Gasteiger partial charge in [0.15, 0.2) is 0 Å². The highest BCUT2D eigenvalue weighted by Crippen LogP contribution is 2.26. The molecule has 3 rings (SSSR count). The van der Waals surface area contributed by atoms with Crippen LogP contribution in [0.2, 0.25) is 0 Å². The Bertz CT molecular complexity index is 574. The Morgan fingerprint density at radius 1 is 1.04 bits per heavy atom. The molecule has 0 amide bonds. The van der Waals surface area contributed by atoms with Gasteiger partial charge in [-0.05, 0) is 25.9 Å². The van der Waals surface area contributed by atoms with Gasteiger partial charge in [-0.2, -0.15) is 0 Å². The summed E-state index contributed by atoms with van der Waals surface area (Å²) in [5.41, 5.74) is 0. The average Bonchev–Trinajstić information content (AvgIpc) is 2.97. The first-order chi connectivity index (χ1) is 11.8. The van der Waals surface area contributed by atoms with Crippen LogP contribution >= 0.6 is 0 Å². The lowest BCUT2D eigenvalue weighted by Gasteiger charge is -2.30. The van der Waals surface area contributed by atoms with Crippen molar-refractivity contribution in [2.75, 3.05) is 45.9 Å². The molecule has 0 spiro atoms. The Labute approximate surface area is 145 Å². The molecule has 0 aromatic carbocycles. The van der Waals surface area contributed by atoms with Crippen LogP contribution in [-0.4, -0.2) is 70.5 Å². The number of nitrogens with zero attached hydrogens (tertiary/aromatic N) is 5. The molecule has 2 saturated heterocycles. The van der Waals surface area contributed by atoms with Crippen molar-refractivity contribution in [1.82, 2.24) is 24.6 Å². The maximum Gasteiger partial charge on any atom is 0.146 e. The van der Waals surface area contributed by atoms with E-state index in [1.165, 1.54) is 0 Å². The minimum Gasteiger partial charge on any atom is -0.379 e. The van der Waals surface area contributed by atoms with E-state index in [2.05, 4.69) is 50.4 Å². The third kappa shape index (κ3) is 4.35. The number of likely N-dealkylation sites (tertiary alicyclic amines) is 1. The third-order valence-corrected chi connectivity index (χ3v) is 5.02. The lowest BCUT2D eigenvalue weighted by atomic mass is 9.96. The summed E-state index contributed by atoms with van der Waals surface area (Å²) in [6, 6.07) is 0. The van der Waals surface area contributed by atoms with Crippen molar-refractivity contribution < 1.29 is 4.74 Å². The molecule has 2 aliphatic heterocycles. The molecule has 2 fully saturated rings. The lowest BCUT2D eigenvalue weighted by molar-refractivity contribution is 0.0326. The molecular formula is C18H29N5O. The van der Waals surface area contributed by atoms with Gasteiger partial charge in [0.25, 0.3) is 0 Å². The van der Waals surface area contributed by atoms with Crippen molar-refractivity contribution in [1.29, 1.82) is 0 Å². The van der Waals surface area contributed by atoms with Gasteiger partial charge in [-0.3, -0.25) is 9.80 Å².